The maximum absolute atomic E-state index is 13.2. The van der Waals surface area contributed by atoms with Crippen LogP contribution in [0.3, 0.4) is 0 Å². The minimum absolute atomic E-state index is 0.0686. The van der Waals surface area contributed by atoms with E-state index in [9.17, 15) is 18.0 Å². The van der Waals surface area contributed by atoms with Gasteiger partial charge in [-0.15, -0.1) is 0 Å². The number of benzene rings is 2. The largest absolute Gasteiger partial charge is 0.391 e. The Kier molecular flexibility index (Phi) is 5.40. The van der Waals surface area contributed by atoms with E-state index in [1.54, 1.807) is 36.4 Å². The SMILES string of the molecule is Cc1cccc2ncc(C(=O)NC(C)(Cc3ccccc3)CC(F)(F)F)cc12. The molecule has 0 aliphatic heterocycles. The van der Waals surface area contributed by atoms with Gasteiger partial charge in [0.15, 0.2) is 0 Å². The monoisotopic (exact) mass is 386 g/mol. The second-order valence-electron chi connectivity index (χ2n) is 7.33. The van der Waals surface area contributed by atoms with Gasteiger partial charge in [0.25, 0.3) is 5.91 Å². The average Bonchev–Trinajstić information content (AvgIpc) is 2.60. The summed E-state index contributed by atoms with van der Waals surface area (Å²) < 4.78 is 39.6. The fourth-order valence-corrected chi connectivity index (χ4v) is 3.41. The predicted octanol–water partition coefficient (Wildman–Crippen LogP) is 5.23. The van der Waals surface area contributed by atoms with Gasteiger partial charge in [-0.05, 0) is 43.5 Å². The first kappa shape index (κ1) is 19.9. The average molecular weight is 386 g/mol. The number of carbonyl (C=O) groups is 1. The summed E-state index contributed by atoms with van der Waals surface area (Å²) in [6.45, 7) is 3.32. The Labute approximate surface area is 161 Å². The number of carbonyl (C=O) groups excluding carboxylic acids is 1. The number of nitrogens with one attached hydrogen (secondary N) is 1. The smallest absolute Gasteiger partial charge is 0.346 e. The number of hydrogen-bond donors (Lipinski definition) is 1. The van der Waals surface area contributed by atoms with Crippen LogP contribution in [0.4, 0.5) is 13.2 Å². The zero-order valence-corrected chi connectivity index (χ0v) is 15.7. The van der Waals surface area contributed by atoms with Crippen LogP contribution in [0, 0.1) is 6.92 Å². The molecule has 0 aliphatic carbocycles. The molecule has 0 fully saturated rings. The second kappa shape index (κ2) is 7.62. The molecule has 0 bridgehead atoms. The molecule has 3 aromatic rings. The molecule has 1 atom stereocenters. The van der Waals surface area contributed by atoms with Crippen molar-refractivity contribution >= 4 is 16.8 Å². The lowest BCUT2D eigenvalue weighted by molar-refractivity contribution is -0.147. The molecule has 6 heteroatoms. The number of rotatable bonds is 5. The van der Waals surface area contributed by atoms with Crippen molar-refractivity contribution in [3.05, 3.63) is 77.5 Å². The maximum Gasteiger partial charge on any atom is 0.391 e. The molecule has 1 N–H and O–H groups in total. The molecule has 0 saturated carbocycles. The van der Waals surface area contributed by atoms with Crippen LogP contribution < -0.4 is 5.32 Å². The highest BCUT2D eigenvalue weighted by atomic mass is 19.4. The number of hydrogen-bond acceptors (Lipinski definition) is 2. The van der Waals surface area contributed by atoms with Gasteiger partial charge in [-0.2, -0.15) is 13.2 Å². The van der Waals surface area contributed by atoms with Crippen molar-refractivity contribution in [2.45, 2.75) is 38.4 Å². The summed E-state index contributed by atoms with van der Waals surface area (Å²) in [5, 5.41) is 3.40. The predicted molar refractivity (Wildman–Crippen MR) is 103 cm³/mol. The lowest BCUT2D eigenvalue weighted by Crippen LogP contribution is -2.50. The second-order valence-corrected chi connectivity index (χ2v) is 7.33. The Morgan fingerprint density at radius 2 is 1.79 bits per heavy atom. The number of nitrogens with zero attached hydrogens (tertiary/aromatic N) is 1. The Morgan fingerprint density at radius 1 is 1.07 bits per heavy atom. The van der Waals surface area contributed by atoms with Crippen molar-refractivity contribution in [3.63, 3.8) is 0 Å². The van der Waals surface area contributed by atoms with E-state index in [0.717, 1.165) is 22.0 Å². The number of halogens is 3. The first-order valence-corrected chi connectivity index (χ1v) is 8.94. The van der Waals surface area contributed by atoms with Crippen LogP contribution in [0.25, 0.3) is 10.9 Å². The van der Waals surface area contributed by atoms with Gasteiger partial charge in [0.2, 0.25) is 0 Å². The van der Waals surface area contributed by atoms with Gasteiger partial charge in [-0.1, -0.05) is 42.5 Å². The number of pyridine rings is 1. The summed E-state index contributed by atoms with van der Waals surface area (Å²) in [5.74, 6) is -0.569. The minimum atomic E-state index is -4.41. The van der Waals surface area contributed by atoms with Crippen LogP contribution in [-0.2, 0) is 6.42 Å². The molecule has 0 saturated heterocycles. The first-order chi connectivity index (χ1) is 13.2. The van der Waals surface area contributed by atoms with E-state index in [2.05, 4.69) is 10.3 Å². The molecule has 3 rings (SSSR count). The topological polar surface area (TPSA) is 42.0 Å². The van der Waals surface area contributed by atoms with Crippen LogP contribution in [0.2, 0.25) is 0 Å². The highest BCUT2D eigenvalue weighted by Gasteiger charge is 2.40. The molecule has 146 valence electrons. The quantitative estimate of drug-likeness (QED) is 0.653. The number of fused-ring (bicyclic) bond motifs is 1. The zero-order valence-electron chi connectivity index (χ0n) is 15.7. The highest BCUT2D eigenvalue weighted by molar-refractivity contribution is 5.98. The normalized spacial score (nSPS) is 13.9. The van der Waals surface area contributed by atoms with E-state index in [-0.39, 0.29) is 12.0 Å². The van der Waals surface area contributed by atoms with Crippen LogP contribution in [0.5, 0.6) is 0 Å². The summed E-state index contributed by atoms with van der Waals surface area (Å²) in [5.41, 5.74) is 1.17. The van der Waals surface area contributed by atoms with E-state index < -0.39 is 24.0 Å². The summed E-state index contributed by atoms with van der Waals surface area (Å²) in [7, 11) is 0. The van der Waals surface area contributed by atoms with E-state index in [0.29, 0.717) is 0 Å². The number of aryl methyl sites for hydroxylation is 1. The molecule has 0 radical (unpaired) electrons. The molecular formula is C22H21F3N2O. The van der Waals surface area contributed by atoms with Gasteiger partial charge < -0.3 is 5.32 Å². The molecule has 1 aromatic heterocycles. The third kappa shape index (κ3) is 4.88. The number of alkyl halides is 3. The van der Waals surface area contributed by atoms with Crippen molar-refractivity contribution in [1.29, 1.82) is 0 Å². The van der Waals surface area contributed by atoms with Gasteiger partial charge in [-0.25, -0.2) is 0 Å². The maximum atomic E-state index is 13.2. The molecule has 0 aliphatic rings. The first-order valence-electron chi connectivity index (χ1n) is 8.94. The fraction of sp³-hybridized carbons (Fsp3) is 0.273. The van der Waals surface area contributed by atoms with E-state index in [1.807, 2.05) is 25.1 Å². The van der Waals surface area contributed by atoms with Crippen LogP contribution in [0.15, 0.2) is 60.8 Å². The summed E-state index contributed by atoms with van der Waals surface area (Å²) in [4.78, 5) is 17.0. The van der Waals surface area contributed by atoms with E-state index >= 15 is 0 Å². The van der Waals surface area contributed by atoms with Gasteiger partial charge in [0, 0.05) is 11.6 Å². The van der Waals surface area contributed by atoms with Gasteiger partial charge >= 0.3 is 6.18 Å². The van der Waals surface area contributed by atoms with Crippen molar-refractivity contribution in [2.75, 3.05) is 0 Å². The summed E-state index contributed by atoms with van der Waals surface area (Å²) in [6, 6.07) is 16.1. The molecule has 1 unspecified atom stereocenters. The summed E-state index contributed by atoms with van der Waals surface area (Å²) >= 11 is 0. The van der Waals surface area contributed by atoms with E-state index in [4.69, 9.17) is 0 Å². The van der Waals surface area contributed by atoms with E-state index in [1.165, 1.54) is 13.1 Å². The third-order valence-corrected chi connectivity index (χ3v) is 4.65. The summed E-state index contributed by atoms with van der Waals surface area (Å²) in [6.07, 6.45) is -4.07. The highest BCUT2D eigenvalue weighted by Crippen LogP contribution is 2.30. The van der Waals surface area contributed by atoms with Gasteiger partial charge in [0.05, 0.1) is 23.0 Å². The van der Waals surface area contributed by atoms with Crippen molar-refractivity contribution in [3.8, 4) is 0 Å². The Hall–Kier alpha value is -2.89. The zero-order chi connectivity index (χ0) is 20.4. The molecule has 28 heavy (non-hydrogen) atoms. The number of amides is 1. The molecule has 2 aromatic carbocycles. The fourth-order valence-electron chi connectivity index (χ4n) is 3.41. The molecule has 1 amide bonds. The Morgan fingerprint density at radius 3 is 2.46 bits per heavy atom. The van der Waals surface area contributed by atoms with Crippen molar-refractivity contribution < 1.29 is 18.0 Å². The third-order valence-electron chi connectivity index (χ3n) is 4.65. The lowest BCUT2D eigenvalue weighted by atomic mass is 9.88. The van der Waals surface area contributed by atoms with Crippen molar-refractivity contribution in [2.24, 2.45) is 0 Å². The molecule has 0 spiro atoms. The Bertz CT molecular complexity index is 986. The van der Waals surface area contributed by atoms with Gasteiger partial charge in [-0.3, -0.25) is 9.78 Å². The standard InChI is InChI=1S/C22H21F3N2O/c1-15-7-6-10-19-18(15)11-17(13-26-19)20(28)27-21(2,14-22(23,24)25)12-16-8-4-3-5-9-16/h3-11,13H,12,14H2,1-2H3,(H,27,28). The van der Waals surface area contributed by atoms with Gasteiger partial charge in [0.1, 0.15) is 0 Å². The molecular weight excluding hydrogens is 365 g/mol. The minimum Gasteiger partial charge on any atom is -0.346 e. The molecule has 3 nitrogen and oxygen atoms in total. The molecule has 1 heterocycles. The van der Waals surface area contributed by atoms with Crippen molar-refractivity contribution in [1.82, 2.24) is 10.3 Å². The van der Waals surface area contributed by atoms with Crippen LogP contribution >= 0.6 is 0 Å². The number of aromatic nitrogens is 1. The lowest BCUT2D eigenvalue weighted by Gasteiger charge is -2.32. The Balaban J connectivity index is 1.89. The van der Waals surface area contributed by atoms with Crippen LogP contribution in [-0.4, -0.2) is 22.6 Å². The van der Waals surface area contributed by atoms with Crippen LogP contribution in [0.1, 0.15) is 34.8 Å².